The van der Waals surface area contributed by atoms with Gasteiger partial charge in [-0.05, 0) is 12.3 Å². The Balaban J connectivity index is 2.83. The first-order valence-corrected chi connectivity index (χ1v) is 6.93. The van der Waals surface area contributed by atoms with Gasteiger partial charge in [-0.2, -0.15) is 0 Å². The lowest BCUT2D eigenvalue weighted by molar-refractivity contribution is -0.204. The zero-order chi connectivity index (χ0) is 15.3. The smallest absolute Gasteiger partial charge is 0.303 e. The molecule has 0 aromatic heterocycles. The summed E-state index contributed by atoms with van der Waals surface area (Å²) in [6.07, 6.45) is 1.69. The van der Waals surface area contributed by atoms with E-state index < -0.39 is 12.2 Å². The van der Waals surface area contributed by atoms with E-state index in [4.69, 9.17) is 14.2 Å². The van der Waals surface area contributed by atoms with Crippen LogP contribution in [-0.2, 0) is 23.8 Å². The van der Waals surface area contributed by atoms with Crippen LogP contribution >= 0.6 is 0 Å². The third-order valence-electron chi connectivity index (χ3n) is 3.80. The monoisotopic (exact) mass is 284 g/mol. The summed E-state index contributed by atoms with van der Waals surface area (Å²) in [6.45, 7) is 10.6. The molecule has 5 atom stereocenters. The molecule has 1 saturated heterocycles. The average molecular weight is 284 g/mol. The molecule has 2 unspecified atom stereocenters. The van der Waals surface area contributed by atoms with Gasteiger partial charge in [0.05, 0.1) is 6.10 Å². The molecule has 5 nitrogen and oxygen atoms in total. The Morgan fingerprint density at radius 2 is 1.80 bits per heavy atom. The molecule has 1 heterocycles. The summed E-state index contributed by atoms with van der Waals surface area (Å²) in [4.78, 5) is 22.2. The van der Waals surface area contributed by atoms with Crippen LogP contribution in [0, 0.1) is 11.8 Å². The molecule has 0 aliphatic carbocycles. The van der Waals surface area contributed by atoms with Gasteiger partial charge in [-0.1, -0.05) is 19.9 Å². The summed E-state index contributed by atoms with van der Waals surface area (Å²) in [7, 11) is 0. The van der Waals surface area contributed by atoms with E-state index in [-0.39, 0.29) is 36.5 Å². The summed E-state index contributed by atoms with van der Waals surface area (Å²) < 4.78 is 16.3. The Morgan fingerprint density at radius 3 is 2.30 bits per heavy atom. The number of hydrogen-bond donors (Lipinski definition) is 0. The van der Waals surface area contributed by atoms with E-state index in [1.54, 1.807) is 0 Å². The summed E-state index contributed by atoms with van der Waals surface area (Å²) in [5.74, 6) is -0.376. The highest BCUT2D eigenvalue weighted by Crippen LogP contribution is 2.34. The van der Waals surface area contributed by atoms with Gasteiger partial charge in [-0.3, -0.25) is 9.59 Å². The van der Waals surface area contributed by atoms with Gasteiger partial charge in [0.1, 0.15) is 18.8 Å². The zero-order valence-electron chi connectivity index (χ0n) is 12.6. The fourth-order valence-corrected chi connectivity index (χ4v) is 2.55. The minimum Gasteiger partial charge on any atom is -0.463 e. The fraction of sp³-hybridized carbons (Fsp3) is 0.733. The van der Waals surface area contributed by atoms with Crippen LogP contribution in [0.25, 0.3) is 0 Å². The van der Waals surface area contributed by atoms with Gasteiger partial charge in [-0.25, -0.2) is 0 Å². The van der Waals surface area contributed by atoms with Crippen LogP contribution < -0.4 is 0 Å². The quantitative estimate of drug-likeness (QED) is 0.571. The van der Waals surface area contributed by atoms with E-state index >= 15 is 0 Å². The van der Waals surface area contributed by atoms with Crippen molar-refractivity contribution in [3.8, 4) is 0 Å². The minimum atomic E-state index is -0.432. The molecular weight excluding hydrogens is 260 g/mol. The predicted molar refractivity (Wildman–Crippen MR) is 74.0 cm³/mol. The lowest BCUT2D eigenvalue weighted by Crippen LogP contribution is -2.52. The Hall–Kier alpha value is -1.36. The van der Waals surface area contributed by atoms with Gasteiger partial charge in [0.25, 0.3) is 0 Å². The molecule has 1 aliphatic heterocycles. The van der Waals surface area contributed by atoms with Crippen molar-refractivity contribution in [3.05, 3.63) is 12.7 Å². The second-order valence-electron chi connectivity index (χ2n) is 5.33. The average Bonchev–Trinajstić information content (AvgIpc) is 2.36. The minimum absolute atomic E-state index is 0.00475. The second-order valence-corrected chi connectivity index (χ2v) is 5.33. The molecule has 0 bridgehead atoms. The van der Waals surface area contributed by atoms with Crippen molar-refractivity contribution in [1.82, 2.24) is 0 Å². The van der Waals surface area contributed by atoms with E-state index in [9.17, 15) is 9.59 Å². The van der Waals surface area contributed by atoms with Crippen molar-refractivity contribution in [3.63, 3.8) is 0 Å². The number of rotatable bonds is 5. The third-order valence-corrected chi connectivity index (χ3v) is 3.80. The van der Waals surface area contributed by atoms with E-state index in [2.05, 4.69) is 13.5 Å². The SMILES string of the molecule is C=CC[C@@H]1OC(COC(C)=O)[C@H](OC(C)=O)[C@H](C)C1C. The fourth-order valence-electron chi connectivity index (χ4n) is 2.55. The van der Waals surface area contributed by atoms with E-state index in [0.29, 0.717) is 0 Å². The number of ether oxygens (including phenoxy) is 3. The lowest BCUT2D eigenvalue weighted by atomic mass is 9.80. The van der Waals surface area contributed by atoms with Crippen LogP contribution in [0.15, 0.2) is 12.7 Å². The molecule has 20 heavy (non-hydrogen) atoms. The van der Waals surface area contributed by atoms with Crippen molar-refractivity contribution in [2.45, 2.75) is 52.4 Å². The van der Waals surface area contributed by atoms with E-state index in [0.717, 1.165) is 6.42 Å². The summed E-state index contributed by atoms with van der Waals surface area (Å²) in [6, 6.07) is 0. The maximum atomic E-state index is 11.3. The van der Waals surface area contributed by atoms with Gasteiger partial charge in [0.15, 0.2) is 0 Å². The summed E-state index contributed by atoms with van der Waals surface area (Å²) in [5.41, 5.74) is 0. The third kappa shape index (κ3) is 4.34. The Morgan fingerprint density at radius 1 is 1.15 bits per heavy atom. The highest BCUT2D eigenvalue weighted by molar-refractivity contribution is 5.66. The van der Waals surface area contributed by atoms with Gasteiger partial charge in [0.2, 0.25) is 0 Å². The van der Waals surface area contributed by atoms with Crippen LogP contribution in [0.5, 0.6) is 0 Å². The Labute approximate surface area is 120 Å². The van der Waals surface area contributed by atoms with Crippen LogP contribution in [0.4, 0.5) is 0 Å². The number of hydrogen-bond acceptors (Lipinski definition) is 5. The molecule has 0 saturated carbocycles. The lowest BCUT2D eigenvalue weighted by Gasteiger charge is -2.43. The molecule has 114 valence electrons. The van der Waals surface area contributed by atoms with Crippen LogP contribution in [0.2, 0.25) is 0 Å². The normalized spacial score (nSPS) is 33.3. The van der Waals surface area contributed by atoms with Gasteiger partial charge < -0.3 is 14.2 Å². The molecule has 1 aliphatic rings. The van der Waals surface area contributed by atoms with Gasteiger partial charge in [0, 0.05) is 19.8 Å². The molecule has 5 heteroatoms. The number of carbonyl (C=O) groups is 2. The highest BCUT2D eigenvalue weighted by atomic mass is 16.6. The maximum absolute atomic E-state index is 11.3. The van der Waals surface area contributed by atoms with Crippen molar-refractivity contribution in [1.29, 1.82) is 0 Å². The van der Waals surface area contributed by atoms with Crippen LogP contribution in [0.1, 0.15) is 34.1 Å². The first-order valence-electron chi connectivity index (χ1n) is 6.93. The number of esters is 2. The van der Waals surface area contributed by atoms with Crippen molar-refractivity contribution < 1.29 is 23.8 Å². The van der Waals surface area contributed by atoms with Crippen LogP contribution in [-0.4, -0.2) is 36.9 Å². The van der Waals surface area contributed by atoms with Gasteiger partial charge in [-0.15, -0.1) is 6.58 Å². The first kappa shape index (κ1) is 16.7. The van der Waals surface area contributed by atoms with Crippen molar-refractivity contribution in [2.75, 3.05) is 6.61 Å². The molecule has 0 amide bonds. The molecule has 0 aromatic rings. The topological polar surface area (TPSA) is 61.8 Å². The van der Waals surface area contributed by atoms with Gasteiger partial charge >= 0.3 is 11.9 Å². The molecule has 0 spiro atoms. The van der Waals surface area contributed by atoms with Crippen LogP contribution in [0.3, 0.4) is 0 Å². The van der Waals surface area contributed by atoms with Crippen molar-refractivity contribution in [2.24, 2.45) is 11.8 Å². The van der Waals surface area contributed by atoms with Crippen molar-refractivity contribution >= 4 is 11.9 Å². The molecule has 0 radical (unpaired) electrons. The summed E-state index contributed by atoms with van der Waals surface area (Å²) in [5, 5.41) is 0. The standard InChI is InChI=1S/C15H24O5/c1-6-7-13-9(2)10(3)15(19-12(5)17)14(20-13)8-18-11(4)16/h6,9-10,13-15H,1,7-8H2,2-5H3/t9?,10-,13+,14?,15-/m1/s1. The number of carbonyl (C=O) groups excluding carboxylic acids is 2. The maximum Gasteiger partial charge on any atom is 0.303 e. The van der Waals surface area contributed by atoms with E-state index in [1.165, 1.54) is 13.8 Å². The van der Waals surface area contributed by atoms with E-state index in [1.807, 2.05) is 13.0 Å². The highest BCUT2D eigenvalue weighted by Gasteiger charge is 2.43. The molecule has 1 fully saturated rings. The Kier molecular flexibility index (Phi) is 6.20. The molecule has 1 rings (SSSR count). The molecule has 0 aromatic carbocycles. The molecular formula is C15H24O5. The summed E-state index contributed by atoms with van der Waals surface area (Å²) >= 11 is 0. The first-order chi connectivity index (χ1) is 9.36. The second kappa shape index (κ2) is 7.43. The zero-order valence-corrected chi connectivity index (χ0v) is 12.6. The largest absolute Gasteiger partial charge is 0.463 e. The predicted octanol–water partition coefficient (Wildman–Crippen LogP) is 2.10. The Bertz CT molecular complexity index is 365. The molecule has 0 N–H and O–H groups in total.